The molecule has 2 unspecified atom stereocenters. The standard InChI is InChI=1S/C15H18ClN3O/c1-17-13-7-3-6-12(13)15-18-14(19-20-15)9-10-4-2-5-11(16)8-10/h2,4-5,8,12-13,17H,3,6-7,9H2,1H3. The molecule has 0 bridgehead atoms. The summed E-state index contributed by atoms with van der Waals surface area (Å²) in [6.07, 6.45) is 4.15. The van der Waals surface area contributed by atoms with Crippen molar-refractivity contribution in [3.05, 3.63) is 46.6 Å². The molecule has 1 aliphatic carbocycles. The number of aromatic nitrogens is 2. The van der Waals surface area contributed by atoms with Crippen molar-refractivity contribution in [2.45, 2.75) is 37.6 Å². The van der Waals surface area contributed by atoms with E-state index in [4.69, 9.17) is 16.1 Å². The van der Waals surface area contributed by atoms with Crippen LogP contribution in [0.5, 0.6) is 0 Å². The van der Waals surface area contributed by atoms with Crippen molar-refractivity contribution in [3.63, 3.8) is 0 Å². The molecule has 0 amide bonds. The average molecular weight is 292 g/mol. The van der Waals surface area contributed by atoms with Gasteiger partial charge in [-0.1, -0.05) is 35.3 Å². The van der Waals surface area contributed by atoms with Crippen molar-refractivity contribution >= 4 is 11.6 Å². The van der Waals surface area contributed by atoms with Gasteiger partial charge in [-0.05, 0) is 37.6 Å². The molecule has 106 valence electrons. The molecule has 3 rings (SSSR count). The quantitative estimate of drug-likeness (QED) is 0.940. The molecule has 1 fully saturated rings. The number of hydrogen-bond acceptors (Lipinski definition) is 4. The number of nitrogens with one attached hydrogen (secondary N) is 1. The predicted molar refractivity (Wildman–Crippen MR) is 78.0 cm³/mol. The van der Waals surface area contributed by atoms with Gasteiger partial charge in [-0.2, -0.15) is 4.98 Å². The summed E-state index contributed by atoms with van der Waals surface area (Å²) in [5.41, 5.74) is 1.10. The number of likely N-dealkylation sites (N-methyl/N-ethyl adjacent to an activating group) is 1. The zero-order chi connectivity index (χ0) is 13.9. The van der Waals surface area contributed by atoms with Crippen molar-refractivity contribution in [1.29, 1.82) is 0 Å². The highest BCUT2D eigenvalue weighted by molar-refractivity contribution is 6.30. The fraction of sp³-hybridized carbons (Fsp3) is 0.467. The Balaban J connectivity index is 1.73. The summed E-state index contributed by atoms with van der Waals surface area (Å²) < 4.78 is 5.45. The highest BCUT2D eigenvalue weighted by Crippen LogP contribution is 2.33. The van der Waals surface area contributed by atoms with Crippen molar-refractivity contribution in [2.75, 3.05) is 7.05 Å². The second-order valence-corrected chi connectivity index (χ2v) is 5.72. The third-order valence-corrected chi connectivity index (χ3v) is 4.17. The Bertz CT molecular complexity index is 584. The summed E-state index contributed by atoms with van der Waals surface area (Å²) in [4.78, 5) is 4.55. The van der Waals surface area contributed by atoms with Crippen LogP contribution < -0.4 is 5.32 Å². The molecule has 2 atom stereocenters. The van der Waals surface area contributed by atoms with Gasteiger partial charge in [0.2, 0.25) is 5.89 Å². The van der Waals surface area contributed by atoms with Gasteiger partial charge in [0.15, 0.2) is 5.82 Å². The van der Waals surface area contributed by atoms with E-state index in [1.54, 1.807) is 0 Å². The van der Waals surface area contributed by atoms with Crippen LogP contribution in [-0.2, 0) is 6.42 Å². The molecule has 4 nitrogen and oxygen atoms in total. The second-order valence-electron chi connectivity index (χ2n) is 5.29. The van der Waals surface area contributed by atoms with Gasteiger partial charge in [-0.25, -0.2) is 0 Å². The highest BCUT2D eigenvalue weighted by Gasteiger charge is 2.31. The molecule has 1 aliphatic rings. The summed E-state index contributed by atoms with van der Waals surface area (Å²) >= 11 is 5.99. The SMILES string of the molecule is CNC1CCCC1c1nc(Cc2cccc(Cl)c2)no1. The molecule has 0 saturated heterocycles. The molecule has 0 spiro atoms. The molecule has 0 aliphatic heterocycles. The van der Waals surface area contributed by atoms with Crippen LogP contribution in [0.2, 0.25) is 5.02 Å². The van der Waals surface area contributed by atoms with Crippen molar-refractivity contribution < 1.29 is 4.52 Å². The Morgan fingerprint density at radius 1 is 1.40 bits per heavy atom. The maximum absolute atomic E-state index is 5.99. The number of nitrogens with zero attached hydrogens (tertiary/aromatic N) is 2. The van der Waals surface area contributed by atoms with Gasteiger partial charge < -0.3 is 9.84 Å². The first-order valence-corrected chi connectivity index (χ1v) is 7.38. The summed E-state index contributed by atoms with van der Waals surface area (Å²) in [6, 6.07) is 8.21. The average Bonchev–Trinajstić information content (AvgIpc) is 3.06. The van der Waals surface area contributed by atoms with Crippen LogP contribution in [0.15, 0.2) is 28.8 Å². The lowest BCUT2D eigenvalue weighted by atomic mass is 10.0. The summed E-state index contributed by atoms with van der Waals surface area (Å²) in [5, 5.41) is 8.16. The maximum atomic E-state index is 5.99. The van der Waals surface area contributed by atoms with Gasteiger partial charge in [0, 0.05) is 17.5 Å². The van der Waals surface area contributed by atoms with Gasteiger partial charge >= 0.3 is 0 Å². The zero-order valence-electron chi connectivity index (χ0n) is 11.5. The van der Waals surface area contributed by atoms with Crippen LogP contribution in [0.4, 0.5) is 0 Å². The first kappa shape index (κ1) is 13.6. The fourth-order valence-electron chi connectivity index (χ4n) is 2.92. The number of hydrogen-bond donors (Lipinski definition) is 1. The minimum Gasteiger partial charge on any atom is -0.339 e. The lowest BCUT2D eigenvalue weighted by Gasteiger charge is -2.14. The number of rotatable bonds is 4. The molecular formula is C15H18ClN3O. The lowest BCUT2D eigenvalue weighted by molar-refractivity contribution is 0.332. The number of halogens is 1. The van der Waals surface area contributed by atoms with E-state index in [-0.39, 0.29) is 0 Å². The molecular weight excluding hydrogens is 274 g/mol. The molecule has 1 saturated carbocycles. The second kappa shape index (κ2) is 5.94. The van der Waals surface area contributed by atoms with Crippen LogP contribution in [0, 0.1) is 0 Å². The van der Waals surface area contributed by atoms with Crippen LogP contribution in [0.25, 0.3) is 0 Å². The summed E-state index contributed by atoms with van der Waals surface area (Å²) in [5.74, 6) is 1.84. The molecule has 1 N–H and O–H groups in total. The molecule has 20 heavy (non-hydrogen) atoms. The normalized spacial score (nSPS) is 22.3. The Labute approximate surface area is 123 Å². The third kappa shape index (κ3) is 2.86. The zero-order valence-corrected chi connectivity index (χ0v) is 12.2. The number of benzene rings is 1. The van der Waals surface area contributed by atoms with Gasteiger partial charge in [-0.3, -0.25) is 0 Å². The first-order valence-electron chi connectivity index (χ1n) is 7.00. The fourth-order valence-corrected chi connectivity index (χ4v) is 3.13. The van der Waals surface area contributed by atoms with E-state index in [0.29, 0.717) is 18.4 Å². The summed E-state index contributed by atoms with van der Waals surface area (Å²) in [6.45, 7) is 0. The Morgan fingerprint density at radius 2 is 2.30 bits per heavy atom. The lowest BCUT2D eigenvalue weighted by Crippen LogP contribution is -2.27. The molecule has 1 aromatic carbocycles. The monoisotopic (exact) mass is 291 g/mol. The Hall–Kier alpha value is -1.39. The predicted octanol–water partition coefficient (Wildman–Crippen LogP) is 3.17. The summed E-state index contributed by atoms with van der Waals surface area (Å²) in [7, 11) is 1.99. The molecule has 1 aromatic heterocycles. The van der Waals surface area contributed by atoms with Gasteiger partial charge in [0.1, 0.15) is 0 Å². The van der Waals surface area contributed by atoms with Crippen molar-refractivity contribution in [2.24, 2.45) is 0 Å². The Kier molecular flexibility index (Phi) is 4.03. The van der Waals surface area contributed by atoms with E-state index >= 15 is 0 Å². The van der Waals surface area contributed by atoms with Gasteiger partial charge in [0.25, 0.3) is 0 Å². The van der Waals surface area contributed by atoms with Crippen molar-refractivity contribution in [1.82, 2.24) is 15.5 Å². The molecule has 0 radical (unpaired) electrons. The Morgan fingerprint density at radius 3 is 3.10 bits per heavy atom. The van der Waals surface area contributed by atoms with E-state index < -0.39 is 0 Å². The van der Waals surface area contributed by atoms with Gasteiger partial charge in [0.05, 0.1) is 5.92 Å². The minimum atomic E-state index is 0.348. The van der Waals surface area contributed by atoms with Crippen LogP contribution in [0.1, 0.15) is 42.5 Å². The van der Waals surface area contributed by atoms with E-state index in [0.717, 1.165) is 28.7 Å². The van der Waals surface area contributed by atoms with Crippen LogP contribution in [-0.4, -0.2) is 23.2 Å². The highest BCUT2D eigenvalue weighted by atomic mass is 35.5. The van der Waals surface area contributed by atoms with E-state index in [9.17, 15) is 0 Å². The molecule has 1 heterocycles. The first-order chi connectivity index (χ1) is 9.76. The van der Waals surface area contributed by atoms with E-state index in [1.807, 2.05) is 31.3 Å². The van der Waals surface area contributed by atoms with E-state index in [1.165, 1.54) is 12.8 Å². The third-order valence-electron chi connectivity index (χ3n) is 3.94. The smallest absolute Gasteiger partial charge is 0.231 e. The maximum Gasteiger partial charge on any atom is 0.231 e. The van der Waals surface area contributed by atoms with Crippen LogP contribution >= 0.6 is 11.6 Å². The minimum absolute atomic E-state index is 0.348. The largest absolute Gasteiger partial charge is 0.339 e. The van der Waals surface area contributed by atoms with Gasteiger partial charge in [-0.15, -0.1) is 0 Å². The van der Waals surface area contributed by atoms with Crippen molar-refractivity contribution in [3.8, 4) is 0 Å². The molecule has 2 aromatic rings. The topological polar surface area (TPSA) is 51.0 Å². The molecule has 5 heteroatoms. The van der Waals surface area contributed by atoms with Crippen LogP contribution in [0.3, 0.4) is 0 Å². The van der Waals surface area contributed by atoms with E-state index in [2.05, 4.69) is 15.5 Å².